The molecule has 0 radical (unpaired) electrons. The lowest BCUT2D eigenvalue weighted by Gasteiger charge is -2.13. The molecule has 0 saturated heterocycles. The Bertz CT molecular complexity index is 1810. The second-order valence-corrected chi connectivity index (χ2v) is 9.56. The topological polar surface area (TPSA) is 49.4 Å². The van der Waals surface area contributed by atoms with E-state index in [1.165, 1.54) is 6.21 Å². The van der Waals surface area contributed by atoms with E-state index in [4.69, 9.17) is 0 Å². The maximum atomic E-state index is 4.49. The van der Waals surface area contributed by atoms with Gasteiger partial charge in [0.25, 0.3) is 0 Å². The molecule has 0 saturated carbocycles. The van der Waals surface area contributed by atoms with Crippen LogP contribution in [-0.2, 0) is 6.42 Å². The van der Waals surface area contributed by atoms with Gasteiger partial charge in [-0.05, 0) is 74.0 Å². The predicted molar refractivity (Wildman–Crippen MR) is 195 cm³/mol. The first-order valence-corrected chi connectivity index (χ1v) is 13.6. The molecular weight excluding hydrogens is 524 g/mol. The Morgan fingerprint density at radius 1 is 0.698 bits per heavy atom. The molecule has 0 atom stereocenters. The highest BCUT2D eigenvalue weighted by Gasteiger charge is 2.10. The second kappa shape index (κ2) is 16.1. The van der Waals surface area contributed by atoms with Crippen LogP contribution < -0.4 is 10.4 Å². The molecule has 0 aliphatic rings. The molecule has 0 bridgehead atoms. The van der Waals surface area contributed by atoms with Crippen molar-refractivity contribution in [3.05, 3.63) is 162 Å². The number of benzene rings is 2. The first-order chi connectivity index (χ1) is 20.5. The fourth-order valence-corrected chi connectivity index (χ4v) is 3.99. The zero-order chi connectivity index (χ0) is 32.1. The SMILES string of the molecule is C=CC=NC(=C)C(=C)N=CC(=C)C(=C)/C=c1\c(=C)c(CC)c(/C=C(\C)C(=C)C=NC(=C)C(=C)N=CC=C)c2ccccc12. The first kappa shape index (κ1) is 33.7. The summed E-state index contributed by atoms with van der Waals surface area (Å²) in [6, 6.07) is 8.25. The molecule has 0 fully saturated rings. The van der Waals surface area contributed by atoms with Crippen LogP contribution in [0.4, 0.5) is 0 Å². The van der Waals surface area contributed by atoms with E-state index in [1.807, 2.05) is 25.1 Å². The van der Waals surface area contributed by atoms with Crippen molar-refractivity contribution in [1.29, 1.82) is 0 Å². The summed E-state index contributed by atoms with van der Waals surface area (Å²) in [5.74, 6) is 0. The molecule has 0 heterocycles. The predicted octanol–water partition coefficient (Wildman–Crippen LogP) is 8.37. The number of allylic oxidation sites excluding steroid dienone is 6. The van der Waals surface area contributed by atoms with Crippen molar-refractivity contribution in [2.24, 2.45) is 20.0 Å². The average Bonchev–Trinajstić information content (AvgIpc) is 3.01. The Morgan fingerprint density at radius 3 is 1.70 bits per heavy atom. The molecule has 0 aliphatic heterocycles. The standard InChI is InChI=1S/C39H40N4/c1-13-20-40-31(9)33(11)42-24-28(6)26(4)22-38-30(8)35(15-3)39(37-19-17-16-18-36(37)38)23-27(5)29(7)25-43-34(12)32(10)41-21-14-2/h13-14,16-25H,1-2,4,6-12,15H2,3,5H3/b27-23+,38-22+,40-20?,41-21?,42-24?,43-25?. The third-order valence-electron chi connectivity index (χ3n) is 6.56. The van der Waals surface area contributed by atoms with Crippen LogP contribution in [0.15, 0.2) is 161 Å². The second-order valence-electron chi connectivity index (χ2n) is 9.56. The molecule has 0 unspecified atom stereocenters. The number of aliphatic imine (C=N–C) groups is 4. The minimum absolute atomic E-state index is 0.428. The minimum atomic E-state index is 0.428. The molecule has 2 aromatic carbocycles. The van der Waals surface area contributed by atoms with Crippen molar-refractivity contribution in [2.75, 3.05) is 0 Å². The van der Waals surface area contributed by atoms with Crippen molar-refractivity contribution in [3.63, 3.8) is 0 Å². The Morgan fingerprint density at radius 2 is 1.19 bits per heavy atom. The number of fused-ring (bicyclic) bond motifs is 1. The minimum Gasteiger partial charge on any atom is -0.255 e. The quantitative estimate of drug-likeness (QED) is 0.154. The van der Waals surface area contributed by atoms with Crippen LogP contribution in [0.25, 0.3) is 29.5 Å². The van der Waals surface area contributed by atoms with Gasteiger partial charge < -0.3 is 0 Å². The van der Waals surface area contributed by atoms with Crippen molar-refractivity contribution >= 4 is 54.4 Å². The van der Waals surface area contributed by atoms with Gasteiger partial charge >= 0.3 is 0 Å². The molecule has 43 heavy (non-hydrogen) atoms. The maximum absolute atomic E-state index is 4.49. The van der Waals surface area contributed by atoms with Gasteiger partial charge in [0, 0.05) is 24.9 Å². The van der Waals surface area contributed by atoms with Gasteiger partial charge in [0.2, 0.25) is 0 Å². The molecule has 2 aromatic rings. The smallest absolute Gasteiger partial charge is 0.0808 e. The Hall–Kier alpha value is -5.48. The van der Waals surface area contributed by atoms with Crippen molar-refractivity contribution in [1.82, 2.24) is 0 Å². The summed E-state index contributed by atoms with van der Waals surface area (Å²) < 4.78 is 0. The average molecular weight is 565 g/mol. The normalized spacial score (nSPS) is 12.4. The highest BCUT2D eigenvalue weighted by atomic mass is 14.8. The van der Waals surface area contributed by atoms with Crippen LogP contribution in [0.5, 0.6) is 0 Å². The van der Waals surface area contributed by atoms with E-state index in [0.717, 1.165) is 49.9 Å². The van der Waals surface area contributed by atoms with Gasteiger partial charge in [-0.25, -0.2) is 0 Å². The molecule has 0 N–H and O–H groups in total. The lowest BCUT2D eigenvalue weighted by Crippen LogP contribution is -2.29. The fourth-order valence-electron chi connectivity index (χ4n) is 3.99. The third kappa shape index (κ3) is 9.00. The van der Waals surface area contributed by atoms with Gasteiger partial charge in [-0.1, -0.05) is 115 Å². The van der Waals surface area contributed by atoms with E-state index in [9.17, 15) is 0 Å². The van der Waals surface area contributed by atoms with Gasteiger partial charge in [0.05, 0.1) is 22.8 Å². The summed E-state index contributed by atoms with van der Waals surface area (Å²) in [5, 5.41) is 4.05. The molecule has 0 spiro atoms. The summed E-state index contributed by atoms with van der Waals surface area (Å²) in [6.07, 6.45) is 14.4. The van der Waals surface area contributed by atoms with Crippen LogP contribution in [0.3, 0.4) is 0 Å². The van der Waals surface area contributed by atoms with Crippen LogP contribution in [-0.4, -0.2) is 24.9 Å². The molecular formula is C39H40N4. The molecule has 0 amide bonds. The summed E-state index contributed by atoms with van der Waals surface area (Å²) in [5.41, 5.74) is 7.05. The lowest BCUT2D eigenvalue weighted by atomic mass is 9.91. The summed E-state index contributed by atoms with van der Waals surface area (Å²) in [6.45, 7) is 44.0. The Kier molecular flexibility index (Phi) is 12.6. The summed E-state index contributed by atoms with van der Waals surface area (Å²) >= 11 is 0. The highest BCUT2D eigenvalue weighted by Crippen LogP contribution is 2.23. The summed E-state index contributed by atoms with van der Waals surface area (Å²) in [7, 11) is 0. The Labute approximate surface area is 256 Å². The lowest BCUT2D eigenvalue weighted by molar-refractivity contribution is 1.12. The molecule has 4 heteroatoms. The van der Waals surface area contributed by atoms with E-state index in [1.54, 1.807) is 30.8 Å². The zero-order valence-electron chi connectivity index (χ0n) is 25.5. The third-order valence-corrected chi connectivity index (χ3v) is 6.56. The molecule has 4 nitrogen and oxygen atoms in total. The van der Waals surface area contributed by atoms with Gasteiger partial charge in [0.1, 0.15) is 0 Å². The number of rotatable bonds is 15. The first-order valence-electron chi connectivity index (χ1n) is 13.6. The zero-order valence-corrected chi connectivity index (χ0v) is 25.5. The van der Waals surface area contributed by atoms with E-state index in [0.29, 0.717) is 33.9 Å². The van der Waals surface area contributed by atoms with Crippen LogP contribution >= 0.6 is 0 Å². The van der Waals surface area contributed by atoms with Crippen LogP contribution in [0, 0.1) is 0 Å². The summed E-state index contributed by atoms with van der Waals surface area (Å²) in [4.78, 5) is 17.0. The van der Waals surface area contributed by atoms with Gasteiger partial charge in [-0.15, -0.1) is 0 Å². The van der Waals surface area contributed by atoms with Gasteiger partial charge in [0.15, 0.2) is 0 Å². The van der Waals surface area contributed by atoms with Crippen molar-refractivity contribution in [2.45, 2.75) is 20.3 Å². The maximum Gasteiger partial charge on any atom is 0.0808 e. The highest BCUT2D eigenvalue weighted by molar-refractivity contribution is 5.97. The van der Waals surface area contributed by atoms with E-state index >= 15 is 0 Å². The van der Waals surface area contributed by atoms with Crippen molar-refractivity contribution in [3.8, 4) is 0 Å². The van der Waals surface area contributed by atoms with E-state index < -0.39 is 0 Å². The molecule has 0 aliphatic carbocycles. The van der Waals surface area contributed by atoms with Crippen LogP contribution in [0.1, 0.15) is 25.0 Å². The number of hydrogen-bond acceptors (Lipinski definition) is 4. The van der Waals surface area contributed by atoms with E-state index in [-0.39, 0.29) is 0 Å². The number of hydrogen-bond donors (Lipinski definition) is 0. The fraction of sp³-hybridized carbons (Fsp3) is 0.0769. The molecule has 216 valence electrons. The van der Waals surface area contributed by atoms with Gasteiger partial charge in [-0.2, -0.15) is 0 Å². The van der Waals surface area contributed by atoms with Gasteiger partial charge in [-0.3, -0.25) is 20.0 Å². The molecule has 2 rings (SSSR count). The molecule has 0 aromatic heterocycles. The van der Waals surface area contributed by atoms with Crippen molar-refractivity contribution < 1.29 is 0 Å². The van der Waals surface area contributed by atoms with Crippen LogP contribution in [0.2, 0.25) is 0 Å². The largest absolute Gasteiger partial charge is 0.255 e. The number of nitrogens with zero attached hydrogens (tertiary/aromatic N) is 4. The van der Waals surface area contributed by atoms with E-state index in [2.05, 4.69) is 111 Å². The Balaban J connectivity index is 2.55. The monoisotopic (exact) mass is 564 g/mol.